The van der Waals surface area contributed by atoms with Gasteiger partial charge < -0.3 is 14.8 Å². The number of fused-ring (bicyclic) bond motifs is 1. The van der Waals surface area contributed by atoms with E-state index < -0.39 is 10.0 Å². The van der Waals surface area contributed by atoms with E-state index in [-0.39, 0.29) is 4.90 Å². The number of rotatable bonds is 7. The monoisotopic (exact) mass is 548 g/mol. The average Bonchev–Trinajstić information content (AvgIpc) is 3.72. The van der Waals surface area contributed by atoms with Gasteiger partial charge in [0, 0.05) is 60.4 Å². The minimum Gasteiger partial charge on any atom is -0.369 e. The molecule has 206 valence electrons. The van der Waals surface area contributed by atoms with E-state index in [0.717, 1.165) is 79.8 Å². The van der Waals surface area contributed by atoms with E-state index in [4.69, 9.17) is 10.1 Å². The molecule has 39 heavy (non-hydrogen) atoms. The highest BCUT2D eigenvalue weighted by Crippen LogP contribution is 2.34. The third-order valence-corrected chi connectivity index (χ3v) is 9.72. The fourth-order valence-corrected chi connectivity index (χ4v) is 6.71. The van der Waals surface area contributed by atoms with Gasteiger partial charge in [-0.15, -0.1) is 0 Å². The maximum atomic E-state index is 12.8. The highest BCUT2D eigenvalue weighted by molar-refractivity contribution is 7.89. The SMILES string of the molecule is CCN1CCC(n2cc(-c3c[nH]c4ncc(-c5cc(N6CCCC6C)cc(S(=O)(=O)NC)c5)nc34)cn2)CC1. The Labute approximate surface area is 229 Å². The summed E-state index contributed by atoms with van der Waals surface area (Å²) in [5.41, 5.74) is 5.59. The number of hydrogen-bond acceptors (Lipinski definition) is 7. The van der Waals surface area contributed by atoms with Crippen LogP contribution in [0.4, 0.5) is 5.69 Å². The third kappa shape index (κ3) is 4.94. The van der Waals surface area contributed by atoms with Crippen LogP contribution in [0.15, 0.2) is 47.9 Å². The maximum Gasteiger partial charge on any atom is 0.240 e. The van der Waals surface area contributed by atoms with Gasteiger partial charge in [0.1, 0.15) is 5.52 Å². The molecule has 1 aromatic carbocycles. The number of anilines is 1. The summed E-state index contributed by atoms with van der Waals surface area (Å²) in [6.45, 7) is 8.57. The number of H-pyrrole nitrogens is 1. The molecule has 2 fully saturated rings. The molecular weight excluding hydrogens is 512 g/mol. The van der Waals surface area contributed by atoms with Crippen LogP contribution >= 0.6 is 0 Å². The molecule has 0 radical (unpaired) electrons. The van der Waals surface area contributed by atoms with Crippen molar-refractivity contribution in [1.29, 1.82) is 0 Å². The molecule has 0 saturated carbocycles. The van der Waals surface area contributed by atoms with E-state index in [9.17, 15) is 8.42 Å². The van der Waals surface area contributed by atoms with Crippen LogP contribution in [-0.4, -0.2) is 77.3 Å². The number of hydrogen-bond donors (Lipinski definition) is 2. The summed E-state index contributed by atoms with van der Waals surface area (Å²) in [7, 11) is -2.20. The fraction of sp³-hybridized carbons (Fsp3) is 0.464. The predicted octanol–water partition coefficient (Wildman–Crippen LogP) is 4.04. The summed E-state index contributed by atoms with van der Waals surface area (Å²) in [6, 6.07) is 6.21. The predicted molar refractivity (Wildman–Crippen MR) is 153 cm³/mol. The van der Waals surface area contributed by atoms with Crippen LogP contribution in [0.1, 0.15) is 45.6 Å². The van der Waals surface area contributed by atoms with E-state index in [1.54, 1.807) is 18.3 Å². The lowest BCUT2D eigenvalue weighted by molar-refractivity contribution is 0.187. The molecule has 1 atom stereocenters. The Morgan fingerprint density at radius 1 is 1.08 bits per heavy atom. The van der Waals surface area contributed by atoms with Gasteiger partial charge in [-0.3, -0.25) is 4.68 Å². The molecule has 10 nitrogen and oxygen atoms in total. The summed E-state index contributed by atoms with van der Waals surface area (Å²) < 4.78 is 30.2. The first-order chi connectivity index (χ1) is 18.9. The minimum absolute atomic E-state index is 0.225. The van der Waals surface area contributed by atoms with Crippen molar-refractivity contribution in [3.05, 3.63) is 43.0 Å². The zero-order valence-electron chi connectivity index (χ0n) is 22.8. The summed E-state index contributed by atoms with van der Waals surface area (Å²) >= 11 is 0. The van der Waals surface area contributed by atoms with Crippen molar-refractivity contribution in [3.8, 4) is 22.4 Å². The molecular formula is C28H36N8O2S. The average molecular weight is 549 g/mol. The topological polar surface area (TPSA) is 112 Å². The first-order valence-electron chi connectivity index (χ1n) is 13.8. The maximum absolute atomic E-state index is 12.8. The van der Waals surface area contributed by atoms with Crippen LogP contribution in [0, 0.1) is 0 Å². The van der Waals surface area contributed by atoms with Crippen LogP contribution in [-0.2, 0) is 10.0 Å². The van der Waals surface area contributed by atoms with Crippen molar-refractivity contribution in [1.82, 2.24) is 34.4 Å². The summed E-state index contributed by atoms with van der Waals surface area (Å²) in [4.78, 5) is 17.8. The largest absolute Gasteiger partial charge is 0.369 e. The van der Waals surface area contributed by atoms with Crippen molar-refractivity contribution < 1.29 is 8.42 Å². The van der Waals surface area contributed by atoms with E-state index in [1.807, 2.05) is 18.5 Å². The summed E-state index contributed by atoms with van der Waals surface area (Å²) in [5, 5.41) is 4.70. The molecule has 2 aliphatic rings. The van der Waals surface area contributed by atoms with Gasteiger partial charge in [0.05, 0.1) is 29.0 Å². The van der Waals surface area contributed by atoms with Crippen LogP contribution < -0.4 is 9.62 Å². The number of likely N-dealkylation sites (tertiary alicyclic amines) is 1. The Kier molecular flexibility index (Phi) is 6.90. The molecule has 11 heteroatoms. The van der Waals surface area contributed by atoms with Crippen LogP contribution in [0.3, 0.4) is 0 Å². The first kappa shape index (κ1) is 26.0. The van der Waals surface area contributed by atoms with Gasteiger partial charge in [-0.25, -0.2) is 23.1 Å². The van der Waals surface area contributed by atoms with Crippen molar-refractivity contribution in [3.63, 3.8) is 0 Å². The van der Waals surface area contributed by atoms with E-state index >= 15 is 0 Å². The lowest BCUT2D eigenvalue weighted by atomic mass is 10.1. The molecule has 0 bridgehead atoms. The van der Waals surface area contributed by atoms with Crippen molar-refractivity contribution >= 4 is 26.9 Å². The Hall–Kier alpha value is -3.28. The normalized spacial score (nSPS) is 19.4. The Bertz CT molecular complexity index is 1590. The van der Waals surface area contributed by atoms with Crippen LogP contribution in [0.5, 0.6) is 0 Å². The first-order valence-corrected chi connectivity index (χ1v) is 15.3. The van der Waals surface area contributed by atoms with Crippen LogP contribution in [0.25, 0.3) is 33.5 Å². The molecule has 5 heterocycles. The summed E-state index contributed by atoms with van der Waals surface area (Å²) in [5.74, 6) is 0. The number of sulfonamides is 1. The van der Waals surface area contributed by atoms with Gasteiger partial charge in [-0.1, -0.05) is 6.92 Å². The van der Waals surface area contributed by atoms with Gasteiger partial charge in [0.15, 0.2) is 5.65 Å². The number of nitrogens with one attached hydrogen (secondary N) is 2. The number of benzene rings is 1. The second-order valence-electron chi connectivity index (χ2n) is 10.6. The zero-order chi connectivity index (χ0) is 27.1. The van der Waals surface area contributed by atoms with Crippen molar-refractivity contribution in [2.45, 2.75) is 56.5 Å². The number of aromatic nitrogens is 5. The summed E-state index contributed by atoms with van der Waals surface area (Å²) in [6.07, 6.45) is 12.0. The number of piperidine rings is 1. The molecule has 0 spiro atoms. The third-order valence-electron chi connectivity index (χ3n) is 8.32. The smallest absolute Gasteiger partial charge is 0.240 e. The van der Waals surface area contributed by atoms with Gasteiger partial charge in [0.2, 0.25) is 10.0 Å². The molecule has 2 aliphatic heterocycles. The highest BCUT2D eigenvalue weighted by Gasteiger charge is 2.25. The second-order valence-corrected chi connectivity index (χ2v) is 12.5. The van der Waals surface area contributed by atoms with Crippen LogP contribution in [0.2, 0.25) is 0 Å². The Morgan fingerprint density at radius 3 is 2.62 bits per heavy atom. The van der Waals surface area contributed by atoms with Gasteiger partial charge in [-0.05, 0) is 64.4 Å². The molecule has 1 unspecified atom stereocenters. The van der Waals surface area contributed by atoms with Crippen molar-refractivity contribution in [2.75, 3.05) is 38.1 Å². The van der Waals surface area contributed by atoms with Gasteiger partial charge >= 0.3 is 0 Å². The lowest BCUT2D eigenvalue weighted by Gasteiger charge is -2.31. The number of aromatic amines is 1. The molecule has 2 saturated heterocycles. The lowest BCUT2D eigenvalue weighted by Crippen LogP contribution is -2.34. The minimum atomic E-state index is -3.64. The molecule has 3 aromatic heterocycles. The molecule has 4 aromatic rings. The number of nitrogens with zero attached hydrogens (tertiary/aromatic N) is 6. The van der Waals surface area contributed by atoms with E-state index in [1.165, 1.54) is 7.05 Å². The Morgan fingerprint density at radius 2 is 1.90 bits per heavy atom. The standard InChI is InChI=1S/C28H36N8O2S/c1-4-34-10-7-22(8-11-34)36-18-21(15-32-36)25-16-30-28-27(25)33-26(17-31-28)20-12-23(35-9-5-6-19(35)2)14-24(13-20)39(37,38)29-3/h12-19,22,29H,4-11H2,1-3H3,(H,30,31). The highest BCUT2D eigenvalue weighted by atomic mass is 32.2. The van der Waals surface area contributed by atoms with E-state index in [0.29, 0.717) is 23.4 Å². The molecule has 0 amide bonds. The quantitative estimate of drug-likeness (QED) is 0.358. The fourth-order valence-electron chi connectivity index (χ4n) is 5.91. The molecule has 6 rings (SSSR count). The zero-order valence-corrected chi connectivity index (χ0v) is 23.6. The van der Waals surface area contributed by atoms with Gasteiger partial charge in [-0.2, -0.15) is 5.10 Å². The van der Waals surface area contributed by atoms with Gasteiger partial charge in [0.25, 0.3) is 0 Å². The molecule has 0 aliphatic carbocycles. The molecule has 2 N–H and O–H groups in total. The van der Waals surface area contributed by atoms with E-state index in [2.05, 4.69) is 49.2 Å². The Balaban J connectivity index is 1.37. The second kappa shape index (κ2) is 10.4. The van der Waals surface area contributed by atoms with Crippen molar-refractivity contribution in [2.24, 2.45) is 0 Å².